The van der Waals surface area contributed by atoms with Gasteiger partial charge in [-0.1, -0.05) is 0 Å². The van der Waals surface area contributed by atoms with Gasteiger partial charge in [-0.05, 0) is 34.1 Å². The minimum absolute atomic E-state index is 0.185. The van der Waals surface area contributed by atoms with Gasteiger partial charge in [-0.3, -0.25) is 0 Å². The number of likely N-dealkylation sites (tertiary alicyclic amines) is 1. The predicted octanol–water partition coefficient (Wildman–Crippen LogP) is 1.97. The number of piperidine rings is 1. The molecule has 5 heterocycles. The molecule has 1 unspecified atom stereocenters. The Morgan fingerprint density at radius 1 is 1.11 bits per heavy atom. The van der Waals surface area contributed by atoms with Gasteiger partial charge in [-0.15, -0.1) is 0 Å². The number of nitrogens with two attached hydrogens (primary N) is 1. The van der Waals surface area contributed by atoms with Crippen LogP contribution in [0.1, 0.15) is 33.3 Å². The summed E-state index contributed by atoms with van der Waals surface area (Å²) in [7, 11) is 0. The fraction of sp³-hybridized carbons (Fsp3) is 0.640. The van der Waals surface area contributed by atoms with Crippen LogP contribution in [0.4, 0.5) is 22.5 Å². The molecule has 6 rings (SSSR count). The number of hydrogen-bond donors (Lipinski definition) is 1. The molecule has 2 aromatic rings. The van der Waals surface area contributed by atoms with Crippen LogP contribution in [-0.4, -0.2) is 88.0 Å². The third-order valence-corrected chi connectivity index (χ3v) is 7.58. The van der Waals surface area contributed by atoms with Gasteiger partial charge in [0.05, 0.1) is 24.9 Å². The molecule has 0 spiro atoms. The first-order chi connectivity index (χ1) is 17.2. The number of anilines is 3. The molecule has 3 fully saturated rings. The van der Waals surface area contributed by atoms with Crippen LogP contribution in [0.15, 0.2) is 12.4 Å². The van der Waals surface area contributed by atoms with Crippen molar-refractivity contribution < 1.29 is 14.3 Å². The topological polar surface area (TPSA) is 123 Å². The minimum Gasteiger partial charge on any atom is -0.444 e. The lowest BCUT2D eigenvalue weighted by Gasteiger charge is -2.34. The fourth-order valence-corrected chi connectivity index (χ4v) is 5.84. The van der Waals surface area contributed by atoms with Gasteiger partial charge in [-0.2, -0.15) is 4.98 Å². The van der Waals surface area contributed by atoms with Crippen molar-refractivity contribution in [2.75, 3.05) is 54.9 Å². The summed E-state index contributed by atoms with van der Waals surface area (Å²) in [5, 5.41) is 0. The first-order valence-corrected chi connectivity index (χ1v) is 12.8. The third-order valence-electron chi connectivity index (χ3n) is 7.58. The van der Waals surface area contributed by atoms with Crippen LogP contribution in [0.3, 0.4) is 0 Å². The second-order valence-electron chi connectivity index (χ2n) is 11.3. The van der Waals surface area contributed by atoms with Crippen molar-refractivity contribution in [2.24, 2.45) is 11.8 Å². The maximum atomic E-state index is 12.6. The normalized spacial score (nSPS) is 27.2. The molecule has 0 radical (unpaired) electrons. The Kier molecular flexibility index (Phi) is 5.43. The molecule has 36 heavy (non-hydrogen) atoms. The summed E-state index contributed by atoms with van der Waals surface area (Å²) in [5.74, 6) is 2.83. The summed E-state index contributed by atoms with van der Waals surface area (Å²) in [4.78, 5) is 37.6. The Labute approximate surface area is 211 Å². The summed E-state index contributed by atoms with van der Waals surface area (Å²) in [6.07, 6.45) is 4.13. The summed E-state index contributed by atoms with van der Waals surface area (Å²) in [5.41, 5.74) is 8.11. The maximum absolute atomic E-state index is 12.6. The highest BCUT2D eigenvalue weighted by atomic mass is 16.6. The van der Waals surface area contributed by atoms with Crippen LogP contribution in [-0.2, 0) is 15.9 Å². The number of hydrogen-bond acceptors (Lipinski definition) is 10. The lowest BCUT2D eigenvalue weighted by atomic mass is 10.1. The van der Waals surface area contributed by atoms with Crippen LogP contribution in [0.5, 0.6) is 0 Å². The number of nitrogen functional groups attached to an aromatic ring is 1. The van der Waals surface area contributed by atoms with Crippen molar-refractivity contribution in [3.05, 3.63) is 18.0 Å². The molecule has 0 bridgehead atoms. The number of nitrogens with zero attached hydrogens (tertiary/aromatic N) is 7. The monoisotopic (exact) mass is 494 g/mol. The number of rotatable bonds is 3. The molecule has 4 atom stereocenters. The van der Waals surface area contributed by atoms with Gasteiger partial charge in [0.25, 0.3) is 0 Å². The molecule has 4 aliphatic rings. The first-order valence-electron chi connectivity index (χ1n) is 12.8. The van der Waals surface area contributed by atoms with Crippen molar-refractivity contribution in [1.29, 1.82) is 0 Å². The van der Waals surface area contributed by atoms with Gasteiger partial charge in [0.1, 0.15) is 11.4 Å². The molecule has 1 aliphatic carbocycles. The predicted molar refractivity (Wildman–Crippen MR) is 135 cm³/mol. The number of ether oxygens (including phenoxy) is 2. The Balaban J connectivity index is 1.29. The quantitative estimate of drug-likeness (QED) is 0.677. The number of carbonyl (C=O) groups excluding carboxylic acids is 1. The van der Waals surface area contributed by atoms with E-state index in [0.717, 1.165) is 55.2 Å². The van der Waals surface area contributed by atoms with E-state index in [0.29, 0.717) is 37.0 Å². The zero-order chi connectivity index (χ0) is 25.2. The van der Waals surface area contributed by atoms with E-state index < -0.39 is 5.60 Å². The highest BCUT2D eigenvalue weighted by Crippen LogP contribution is 2.52. The smallest absolute Gasteiger partial charge is 0.410 e. The van der Waals surface area contributed by atoms with E-state index in [2.05, 4.69) is 26.7 Å². The van der Waals surface area contributed by atoms with Gasteiger partial charge >= 0.3 is 6.09 Å². The van der Waals surface area contributed by atoms with Crippen LogP contribution < -0.4 is 15.5 Å². The van der Waals surface area contributed by atoms with Crippen LogP contribution >= 0.6 is 0 Å². The maximum Gasteiger partial charge on any atom is 0.410 e. The van der Waals surface area contributed by atoms with E-state index in [-0.39, 0.29) is 18.1 Å². The van der Waals surface area contributed by atoms with E-state index >= 15 is 0 Å². The molecule has 11 heteroatoms. The van der Waals surface area contributed by atoms with E-state index in [1.807, 2.05) is 25.7 Å². The van der Waals surface area contributed by atoms with Crippen molar-refractivity contribution in [2.45, 2.75) is 51.8 Å². The van der Waals surface area contributed by atoms with Gasteiger partial charge in [0.15, 0.2) is 0 Å². The minimum atomic E-state index is -0.483. The van der Waals surface area contributed by atoms with E-state index in [4.69, 9.17) is 25.2 Å². The van der Waals surface area contributed by atoms with Crippen LogP contribution in [0.2, 0.25) is 0 Å². The van der Waals surface area contributed by atoms with E-state index in [1.165, 1.54) is 0 Å². The molecular weight excluding hydrogens is 460 g/mol. The first kappa shape index (κ1) is 23.2. The lowest BCUT2D eigenvalue weighted by molar-refractivity contribution is 0.0271. The van der Waals surface area contributed by atoms with E-state index in [1.54, 1.807) is 12.4 Å². The largest absolute Gasteiger partial charge is 0.444 e. The summed E-state index contributed by atoms with van der Waals surface area (Å²) in [6.45, 7) is 12.2. The Hall–Kier alpha value is -3.21. The molecule has 11 nitrogen and oxygen atoms in total. The third kappa shape index (κ3) is 4.08. The second kappa shape index (κ2) is 8.43. The van der Waals surface area contributed by atoms with Crippen molar-refractivity contribution in [3.8, 4) is 11.3 Å². The molecule has 3 aliphatic heterocycles. The highest BCUT2D eigenvalue weighted by molar-refractivity contribution is 5.74. The molecule has 2 N–H and O–H groups in total. The van der Waals surface area contributed by atoms with Crippen molar-refractivity contribution in [1.82, 2.24) is 24.8 Å². The van der Waals surface area contributed by atoms with Crippen molar-refractivity contribution >= 4 is 23.8 Å². The Morgan fingerprint density at radius 2 is 1.83 bits per heavy atom. The molecule has 1 saturated carbocycles. The number of carbonyl (C=O) groups is 1. The zero-order valence-electron chi connectivity index (χ0n) is 21.3. The van der Waals surface area contributed by atoms with Gasteiger partial charge < -0.3 is 29.9 Å². The molecule has 192 valence electrons. The standard InChI is InChI=1S/C25H34N8O3/c1-14-13-35-8-7-32(14)23-29-19(15-9-27-22(26)28-10-15)16-5-6-33(21(16)30-23)20-17-11-31(12-18(17)20)24(34)36-25(2,3)4/h9-10,14,17-18,20H,5-8,11-13H2,1-4H3,(H2,26,27,28)/t14-,17-,18+,20?/m0/s1. The Bertz CT molecular complexity index is 1160. The van der Waals surface area contributed by atoms with Gasteiger partial charge in [0, 0.05) is 67.6 Å². The van der Waals surface area contributed by atoms with Gasteiger partial charge in [-0.25, -0.2) is 19.7 Å². The second-order valence-corrected chi connectivity index (χ2v) is 11.3. The molecule has 2 aromatic heterocycles. The van der Waals surface area contributed by atoms with Crippen molar-refractivity contribution in [3.63, 3.8) is 0 Å². The van der Waals surface area contributed by atoms with Crippen LogP contribution in [0, 0.1) is 11.8 Å². The zero-order valence-corrected chi connectivity index (χ0v) is 21.3. The SMILES string of the molecule is C[C@H]1COCCN1c1nc(-c2cnc(N)nc2)c2c(n1)N(C1[C@H]3CN(C(=O)OC(C)(C)C)C[C@@H]13)CC2. The van der Waals surface area contributed by atoms with E-state index in [9.17, 15) is 4.79 Å². The summed E-state index contributed by atoms with van der Waals surface area (Å²) in [6, 6.07) is 0.565. The van der Waals surface area contributed by atoms with Crippen LogP contribution in [0.25, 0.3) is 11.3 Å². The number of morpholine rings is 1. The number of fused-ring (bicyclic) bond motifs is 2. The molecular formula is C25H34N8O3. The summed E-state index contributed by atoms with van der Waals surface area (Å²) >= 11 is 0. The van der Waals surface area contributed by atoms with Gasteiger partial charge in [0.2, 0.25) is 11.9 Å². The Morgan fingerprint density at radius 3 is 2.50 bits per heavy atom. The molecule has 1 amide bonds. The number of aromatic nitrogens is 4. The molecule has 0 aromatic carbocycles. The number of amides is 1. The molecule has 2 saturated heterocycles. The lowest BCUT2D eigenvalue weighted by Crippen LogP contribution is -2.45. The fourth-order valence-electron chi connectivity index (χ4n) is 5.84. The average molecular weight is 495 g/mol. The highest BCUT2D eigenvalue weighted by Gasteiger charge is 2.61. The summed E-state index contributed by atoms with van der Waals surface area (Å²) < 4.78 is 11.2. The average Bonchev–Trinajstić information content (AvgIpc) is 3.16.